The third kappa shape index (κ3) is 2.91. The lowest BCUT2D eigenvalue weighted by Crippen LogP contribution is -2.27. The summed E-state index contributed by atoms with van der Waals surface area (Å²) in [6.07, 6.45) is 0.566. The summed E-state index contributed by atoms with van der Waals surface area (Å²) in [4.78, 5) is 0. The highest BCUT2D eigenvalue weighted by Gasteiger charge is 2.21. The third-order valence-corrected chi connectivity index (χ3v) is 2.66. The van der Waals surface area contributed by atoms with Crippen LogP contribution in [0.15, 0.2) is 18.2 Å². The summed E-state index contributed by atoms with van der Waals surface area (Å²) in [5, 5.41) is 9.93. The van der Waals surface area contributed by atoms with Crippen LogP contribution in [0.5, 0.6) is 0 Å². The van der Waals surface area contributed by atoms with Gasteiger partial charge in [-0.15, -0.1) is 0 Å². The SMILES string of the molecule is CCC[C@@H](O)[C@@H](N)c1c(F)cccc1Cl. The normalized spacial score (nSPS) is 15.0. The molecule has 0 radical (unpaired) electrons. The highest BCUT2D eigenvalue weighted by atomic mass is 35.5. The molecule has 15 heavy (non-hydrogen) atoms. The van der Waals surface area contributed by atoms with Crippen LogP contribution < -0.4 is 5.73 Å². The van der Waals surface area contributed by atoms with Crippen molar-refractivity contribution in [1.82, 2.24) is 0 Å². The van der Waals surface area contributed by atoms with Gasteiger partial charge in [0.2, 0.25) is 0 Å². The van der Waals surface area contributed by atoms with Crippen LogP contribution in [-0.2, 0) is 0 Å². The summed E-state index contributed by atoms with van der Waals surface area (Å²) in [5.41, 5.74) is 5.95. The molecule has 0 aliphatic heterocycles. The number of halogens is 2. The monoisotopic (exact) mass is 231 g/mol. The highest BCUT2D eigenvalue weighted by Crippen LogP contribution is 2.27. The Morgan fingerprint density at radius 2 is 2.20 bits per heavy atom. The average Bonchev–Trinajstić information content (AvgIpc) is 2.17. The first-order valence-electron chi connectivity index (χ1n) is 4.95. The predicted octanol–water partition coefficient (Wildman–Crippen LogP) is 2.64. The summed E-state index contributed by atoms with van der Waals surface area (Å²) in [6, 6.07) is 3.61. The Hall–Kier alpha value is -0.640. The van der Waals surface area contributed by atoms with Gasteiger partial charge in [0.05, 0.1) is 12.1 Å². The Kier molecular flexibility index (Phi) is 4.51. The summed E-state index contributed by atoms with van der Waals surface area (Å²) in [6.45, 7) is 1.93. The van der Waals surface area contributed by atoms with Gasteiger partial charge in [-0.2, -0.15) is 0 Å². The van der Waals surface area contributed by atoms with E-state index in [4.69, 9.17) is 17.3 Å². The molecule has 4 heteroatoms. The lowest BCUT2D eigenvalue weighted by Gasteiger charge is -2.20. The number of hydrogen-bond acceptors (Lipinski definition) is 2. The molecular weight excluding hydrogens is 217 g/mol. The summed E-state index contributed by atoms with van der Waals surface area (Å²) in [5.74, 6) is -0.467. The van der Waals surface area contributed by atoms with Crippen molar-refractivity contribution < 1.29 is 9.50 Å². The lowest BCUT2D eigenvalue weighted by molar-refractivity contribution is 0.133. The number of aliphatic hydroxyl groups is 1. The van der Waals surface area contributed by atoms with Gasteiger partial charge in [0.25, 0.3) is 0 Å². The number of rotatable bonds is 4. The Bertz CT molecular complexity index is 312. The van der Waals surface area contributed by atoms with Crippen LogP contribution >= 0.6 is 11.6 Å². The predicted molar refractivity (Wildman–Crippen MR) is 59.3 cm³/mol. The van der Waals surface area contributed by atoms with Crippen molar-refractivity contribution in [2.75, 3.05) is 0 Å². The molecule has 1 aromatic rings. The maximum absolute atomic E-state index is 13.4. The Labute approximate surface area is 93.9 Å². The van der Waals surface area contributed by atoms with Crippen molar-refractivity contribution in [2.24, 2.45) is 5.73 Å². The van der Waals surface area contributed by atoms with Crippen molar-refractivity contribution in [1.29, 1.82) is 0 Å². The van der Waals surface area contributed by atoms with Gasteiger partial charge in [-0.25, -0.2) is 4.39 Å². The molecule has 0 saturated carbocycles. The van der Waals surface area contributed by atoms with Crippen LogP contribution in [0.4, 0.5) is 4.39 Å². The van der Waals surface area contributed by atoms with Crippen molar-refractivity contribution >= 4 is 11.6 Å². The van der Waals surface area contributed by atoms with Gasteiger partial charge >= 0.3 is 0 Å². The standard InChI is InChI=1S/C11H15ClFNO/c1-2-4-9(15)11(14)10-7(12)5-3-6-8(10)13/h3,5-6,9,11,15H,2,4,14H2,1H3/t9-,11-/m1/s1. The molecule has 3 N–H and O–H groups in total. The molecule has 0 unspecified atom stereocenters. The number of hydrogen-bond donors (Lipinski definition) is 2. The van der Waals surface area contributed by atoms with Gasteiger partial charge in [-0.3, -0.25) is 0 Å². The smallest absolute Gasteiger partial charge is 0.129 e. The molecule has 0 saturated heterocycles. The van der Waals surface area contributed by atoms with Gasteiger partial charge < -0.3 is 10.8 Å². The first-order chi connectivity index (χ1) is 7.07. The molecule has 0 aromatic heterocycles. The van der Waals surface area contributed by atoms with Crippen LogP contribution in [0, 0.1) is 5.82 Å². The topological polar surface area (TPSA) is 46.2 Å². The highest BCUT2D eigenvalue weighted by molar-refractivity contribution is 6.31. The Morgan fingerprint density at radius 3 is 2.73 bits per heavy atom. The maximum atomic E-state index is 13.4. The first kappa shape index (κ1) is 12.4. The van der Waals surface area contributed by atoms with Crippen molar-refractivity contribution in [2.45, 2.75) is 31.9 Å². The van der Waals surface area contributed by atoms with E-state index < -0.39 is 18.0 Å². The zero-order chi connectivity index (χ0) is 11.4. The number of aliphatic hydroxyl groups excluding tert-OH is 1. The minimum Gasteiger partial charge on any atom is -0.391 e. The second-order valence-corrected chi connectivity index (χ2v) is 3.92. The van der Waals surface area contributed by atoms with Crippen LogP contribution in [0.1, 0.15) is 31.4 Å². The molecule has 0 fully saturated rings. The maximum Gasteiger partial charge on any atom is 0.129 e. The Balaban J connectivity index is 2.94. The fourth-order valence-corrected chi connectivity index (χ4v) is 1.79. The van der Waals surface area contributed by atoms with E-state index in [1.807, 2.05) is 6.92 Å². The molecule has 2 atom stereocenters. The van der Waals surface area contributed by atoms with E-state index in [-0.39, 0.29) is 10.6 Å². The van der Waals surface area contributed by atoms with Gasteiger partial charge in [0.1, 0.15) is 5.82 Å². The molecular formula is C11H15ClFNO. The van der Waals surface area contributed by atoms with E-state index >= 15 is 0 Å². The third-order valence-electron chi connectivity index (χ3n) is 2.33. The van der Waals surface area contributed by atoms with E-state index in [2.05, 4.69) is 0 Å². The molecule has 0 spiro atoms. The molecule has 1 rings (SSSR count). The average molecular weight is 232 g/mol. The van der Waals surface area contributed by atoms with E-state index in [0.717, 1.165) is 6.42 Å². The zero-order valence-electron chi connectivity index (χ0n) is 8.58. The zero-order valence-corrected chi connectivity index (χ0v) is 9.34. The minimum atomic E-state index is -0.765. The van der Waals surface area contributed by atoms with Gasteiger partial charge in [0, 0.05) is 10.6 Å². The van der Waals surface area contributed by atoms with Crippen molar-refractivity contribution in [3.05, 3.63) is 34.6 Å². The van der Waals surface area contributed by atoms with E-state index in [9.17, 15) is 9.50 Å². The number of benzene rings is 1. The van der Waals surface area contributed by atoms with Gasteiger partial charge in [-0.05, 0) is 18.6 Å². The molecule has 2 nitrogen and oxygen atoms in total. The van der Waals surface area contributed by atoms with Crippen LogP contribution in [0.3, 0.4) is 0 Å². The van der Waals surface area contributed by atoms with E-state index in [0.29, 0.717) is 6.42 Å². The number of nitrogens with two attached hydrogens (primary N) is 1. The van der Waals surface area contributed by atoms with Gasteiger partial charge in [0.15, 0.2) is 0 Å². The molecule has 0 amide bonds. The molecule has 1 aromatic carbocycles. The minimum absolute atomic E-state index is 0.195. The first-order valence-corrected chi connectivity index (χ1v) is 5.33. The van der Waals surface area contributed by atoms with Gasteiger partial charge in [-0.1, -0.05) is 31.0 Å². The fraction of sp³-hybridized carbons (Fsp3) is 0.455. The molecule has 0 aliphatic carbocycles. The molecule has 0 heterocycles. The summed E-state index contributed by atoms with van der Waals surface area (Å²) < 4.78 is 13.4. The molecule has 0 bridgehead atoms. The quantitative estimate of drug-likeness (QED) is 0.837. The van der Waals surface area contributed by atoms with Crippen LogP contribution in [-0.4, -0.2) is 11.2 Å². The van der Waals surface area contributed by atoms with Crippen molar-refractivity contribution in [3.8, 4) is 0 Å². The van der Waals surface area contributed by atoms with Crippen LogP contribution in [0.2, 0.25) is 5.02 Å². The fourth-order valence-electron chi connectivity index (χ4n) is 1.50. The Morgan fingerprint density at radius 1 is 1.53 bits per heavy atom. The van der Waals surface area contributed by atoms with Crippen molar-refractivity contribution in [3.63, 3.8) is 0 Å². The molecule has 0 aliphatic rings. The second-order valence-electron chi connectivity index (χ2n) is 3.52. The molecule has 84 valence electrons. The van der Waals surface area contributed by atoms with E-state index in [1.165, 1.54) is 12.1 Å². The largest absolute Gasteiger partial charge is 0.391 e. The second kappa shape index (κ2) is 5.45. The van der Waals surface area contributed by atoms with E-state index in [1.54, 1.807) is 6.07 Å². The summed E-state index contributed by atoms with van der Waals surface area (Å²) in [7, 11) is 0. The summed E-state index contributed by atoms with van der Waals surface area (Å²) >= 11 is 5.84. The lowest BCUT2D eigenvalue weighted by atomic mass is 9.99. The van der Waals surface area contributed by atoms with Crippen LogP contribution in [0.25, 0.3) is 0 Å².